The third-order valence-corrected chi connectivity index (χ3v) is 9.44. The molecule has 2 aliphatic rings. The molecule has 6 rings (SSSR count). The lowest BCUT2D eigenvalue weighted by atomic mass is 9.89. The van der Waals surface area contributed by atoms with Gasteiger partial charge < -0.3 is 9.64 Å². The van der Waals surface area contributed by atoms with Crippen LogP contribution in [0.25, 0.3) is 10.2 Å². The zero-order chi connectivity index (χ0) is 30.0. The number of hydrogen-bond donors (Lipinski definition) is 0. The normalized spacial score (nSPS) is 17.4. The van der Waals surface area contributed by atoms with Crippen molar-refractivity contribution in [1.82, 2.24) is 24.7 Å². The van der Waals surface area contributed by atoms with E-state index in [2.05, 4.69) is 39.0 Å². The zero-order valence-corrected chi connectivity index (χ0v) is 24.8. The molecule has 7 nitrogen and oxygen atoms in total. The van der Waals surface area contributed by atoms with Gasteiger partial charge in [-0.2, -0.15) is 13.2 Å². The number of benzene rings is 2. The van der Waals surface area contributed by atoms with Crippen LogP contribution in [-0.2, 0) is 19.3 Å². The first-order valence-electron chi connectivity index (χ1n) is 14.5. The van der Waals surface area contributed by atoms with Gasteiger partial charge in [0.1, 0.15) is 0 Å². The Hall–Kier alpha value is -3.54. The van der Waals surface area contributed by atoms with Crippen LogP contribution in [0.1, 0.15) is 50.8 Å². The summed E-state index contributed by atoms with van der Waals surface area (Å²) in [5.74, 6) is 1.04. The maximum atomic E-state index is 13.3. The molecule has 0 spiro atoms. The van der Waals surface area contributed by atoms with E-state index in [4.69, 9.17) is 9.72 Å². The van der Waals surface area contributed by atoms with E-state index >= 15 is 0 Å². The van der Waals surface area contributed by atoms with Gasteiger partial charge in [0.05, 0.1) is 22.9 Å². The molecule has 2 fully saturated rings. The van der Waals surface area contributed by atoms with Gasteiger partial charge in [-0.3, -0.25) is 14.6 Å². The topological polar surface area (TPSA) is 61.8 Å². The van der Waals surface area contributed by atoms with Gasteiger partial charge in [-0.05, 0) is 72.8 Å². The average Bonchev–Trinajstić information content (AvgIpc) is 3.45. The number of methoxy groups -OCH3 is 1. The van der Waals surface area contributed by atoms with E-state index in [1.807, 2.05) is 17.2 Å². The van der Waals surface area contributed by atoms with Crippen LogP contribution < -0.4 is 4.74 Å². The van der Waals surface area contributed by atoms with Gasteiger partial charge in [0.15, 0.2) is 5.01 Å². The lowest BCUT2D eigenvalue weighted by molar-refractivity contribution is -0.137. The van der Waals surface area contributed by atoms with Gasteiger partial charge in [-0.15, -0.1) is 11.3 Å². The van der Waals surface area contributed by atoms with Gasteiger partial charge in [0, 0.05) is 51.5 Å². The van der Waals surface area contributed by atoms with Crippen molar-refractivity contribution < 1.29 is 22.7 Å². The molecule has 0 saturated carbocycles. The van der Waals surface area contributed by atoms with Gasteiger partial charge in [-0.1, -0.05) is 24.3 Å². The minimum absolute atomic E-state index is 0.0572. The Kier molecular flexibility index (Phi) is 8.65. The average molecular weight is 610 g/mol. The van der Waals surface area contributed by atoms with Crippen molar-refractivity contribution in [3.8, 4) is 5.88 Å². The number of thiazole rings is 1. The molecule has 2 aromatic carbocycles. The van der Waals surface area contributed by atoms with Gasteiger partial charge in [0.25, 0.3) is 5.91 Å². The van der Waals surface area contributed by atoms with Crippen LogP contribution in [0.4, 0.5) is 13.2 Å². The largest absolute Gasteiger partial charge is 0.481 e. The summed E-state index contributed by atoms with van der Waals surface area (Å²) in [6.45, 7) is 5.91. The fraction of sp³-hybridized carbons (Fsp3) is 0.406. The third kappa shape index (κ3) is 7.00. The molecule has 2 aliphatic heterocycles. The second-order valence-electron chi connectivity index (χ2n) is 11.3. The molecule has 1 amide bonds. The lowest BCUT2D eigenvalue weighted by Gasteiger charge is -2.34. The number of piperazine rings is 1. The van der Waals surface area contributed by atoms with Crippen molar-refractivity contribution in [3.05, 3.63) is 88.1 Å². The molecule has 4 heterocycles. The maximum Gasteiger partial charge on any atom is 0.416 e. The van der Waals surface area contributed by atoms with Crippen molar-refractivity contribution in [2.75, 3.05) is 46.4 Å². The standard InChI is InChI=1S/C32H34F3N5O2S/c1-42-29-9-4-23(19-36-29)21-38-12-10-24(11-13-38)25-5-8-28-27(18-25)37-30(43-28)31(41)40-16-14-39(15-17-40)20-22-2-6-26(7-3-22)32(33,34)35/h2-9,18-19,24H,10-17,20-21H2,1H3. The monoisotopic (exact) mass is 609 g/mol. The first kappa shape index (κ1) is 29.5. The number of pyridine rings is 1. The zero-order valence-electron chi connectivity index (χ0n) is 24.0. The second kappa shape index (κ2) is 12.6. The molecule has 0 N–H and O–H groups in total. The minimum Gasteiger partial charge on any atom is -0.481 e. The molecule has 4 aromatic rings. The number of nitrogens with zero attached hydrogens (tertiary/aromatic N) is 5. The Bertz CT molecular complexity index is 1540. The molecule has 0 bridgehead atoms. The van der Waals surface area contributed by atoms with Crippen LogP contribution in [0.5, 0.6) is 5.88 Å². The summed E-state index contributed by atoms with van der Waals surface area (Å²) in [5.41, 5.74) is 3.52. The molecular weight excluding hydrogens is 575 g/mol. The van der Waals surface area contributed by atoms with E-state index in [1.54, 1.807) is 7.11 Å². The lowest BCUT2D eigenvalue weighted by Crippen LogP contribution is -2.48. The van der Waals surface area contributed by atoms with E-state index < -0.39 is 11.7 Å². The number of piperidine rings is 1. The highest BCUT2D eigenvalue weighted by molar-refractivity contribution is 7.20. The minimum atomic E-state index is -4.33. The number of hydrogen-bond acceptors (Lipinski definition) is 7. The fourth-order valence-electron chi connectivity index (χ4n) is 5.90. The molecule has 0 aliphatic carbocycles. The number of ether oxygens (including phenoxy) is 1. The first-order valence-corrected chi connectivity index (χ1v) is 15.4. The predicted molar refractivity (Wildman–Crippen MR) is 160 cm³/mol. The maximum absolute atomic E-state index is 13.3. The highest BCUT2D eigenvalue weighted by atomic mass is 32.1. The number of amides is 1. The van der Waals surface area contributed by atoms with Crippen molar-refractivity contribution in [1.29, 1.82) is 0 Å². The molecule has 11 heteroatoms. The Morgan fingerprint density at radius 2 is 1.58 bits per heavy atom. The predicted octanol–water partition coefficient (Wildman–Crippen LogP) is 6.06. The summed E-state index contributed by atoms with van der Waals surface area (Å²) in [7, 11) is 1.62. The Labute approximate surface area is 252 Å². The number of aromatic nitrogens is 2. The van der Waals surface area contributed by atoms with E-state index in [-0.39, 0.29) is 5.91 Å². The van der Waals surface area contributed by atoms with Gasteiger partial charge in [-0.25, -0.2) is 9.97 Å². The Morgan fingerprint density at radius 1 is 0.907 bits per heavy atom. The summed E-state index contributed by atoms with van der Waals surface area (Å²) >= 11 is 1.43. The number of fused-ring (bicyclic) bond motifs is 1. The van der Waals surface area contributed by atoms with Crippen molar-refractivity contribution in [2.45, 2.75) is 38.0 Å². The van der Waals surface area contributed by atoms with Gasteiger partial charge in [0.2, 0.25) is 5.88 Å². The van der Waals surface area contributed by atoms with E-state index in [0.717, 1.165) is 60.4 Å². The molecule has 226 valence electrons. The number of alkyl halides is 3. The molecule has 0 unspecified atom stereocenters. The number of likely N-dealkylation sites (tertiary alicyclic amines) is 1. The number of halogens is 3. The van der Waals surface area contributed by atoms with E-state index in [9.17, 15) is 18.0 Å². The molecule has 2 aromatic heterocycles. The SMILES string of the molecule is COc1ccc(CN2CCC(c3ccc4sc(C(=O)N5CCN(Cc6ccc(C(F)(F)F)cc6)CC5)nc4c3)CC2)cn1. The Morgan fingerprint density at radius 3 is 2.23 bits per heavy atom. The highest BCUT2D eigenvalue weighted by Gasteiger charge is 2.30. The summed E-state index contributed by atoms with van der Waals surface area (Å²) in [4.78, 5) is 28.8. The van der Waals surface area contributed by atoms with Crippen LogP contribution in [0.3, 0.4) is 0 Å². The van der Waals surface area contributed by atoms with E-state index in [0.29, 0.717) is 49.5 Å². The van der Waals surface area contributed by atoms with Crippen molar-refractivity contribution in [3.63, 3.8) is 0 Å². The Balaban J connectivity index is 1.01. The number of carbonyl (C=O) groups excluding carboxylic acids is 1. The van der Waals surface area contributed by atoms with Gasteiger partial charge >= 0.3 is 6.18 Å². The van der Waals surface area contributed by atoms with Crippen molar-refractivity contribution >= 4 is 27.5 Å². The molecule has 0 radical (unpaired) electrons. The third-order valence-electron chi connectivity index (χ3n) is 8.41. The summed E-state index contributed by atoms with van der Waals surface area (Å²) in [6, 6.07) is 15.7. The first-order chi connectivity index (χ1) is 20.7. The molecular formula is C32H34F3N5O2S. The van der Waals surface area contributed by atoms with Crippen LogP contribution >= 0.6 is 11.3 Å². The summed E-state index contributed by atoms with van der Waals surface area (Å²) in [6.07, 6.45) is -0.311. The fourth-order valence-corrected chi connectivity index (χ4v) is 6.81. The molecule has 0 atom stereocenters. The summed E-state index contributed by atoms with van der Waals surface area (Å²) < 4.78 is 44.7. The highest BCUT2D eigenvalue weighted by Crippen LogP contribution is 2.33. The van der Waals surface area contributed by atoms with E-state index in [1.165, 1.54) is 34.6 Å². The van der Waals surface area contributed by atoms with Crippen molar-refractivity contribution in [2.24, 2.45) is 0 Å². The smallest absolute Gasteiger partial charge is 0.416 e. The number of carbonyl (C=O) groups is 1. The van der Waals surface area contributed by atoms with Crippen LogP contribution in [0.2, 0.25) is 0 Å². The number of rotatable bonds is 7. The van der Waals surface area contributed by atoms with Crippen LogP contribution in [0.15, 0.2) is 60.8 Å². The summed E-state index contributed by atoms with van der Waals surface area (Å²) in [5, 5.41) is 0.506. The quantitative estimate of drug-likeness (QED) is 0.254. The van der Waals surface area contributed by atoms with Crippen LogP contribution in [0, 0.1) is 0 Å². The second-order valence-corrected chi connectivity index (χ2v) is 12.3. The molecule has 43 heavy (non-hydrogen) atoms. The molecule has 2 saturated heterocycles. The van der Waals surface area contributed by atoms with Crippen LogP contribution in [-0.4, -0.2) is 77.0 Å².